The molecule has 0 amide bonds. The van der Waals surface area contributed by atoms with Gasteiger partial charge in [0.2, 0.25) is 9.04 Å². The van der Waals surface area contributed by atoms with Gasteiger partial charge in [-0.25, -0.2) is 4.79 Å². The Morgan fingerprint density at radius 1 is 1.44 bits per heavy atom. The fraction of sp³-hybridized carbons (Fsp3) is 0.583. The minimum Gasteiger partial charge on any atom is -0.463 e. The lowest BCUT2D eigenvalue weighted by atomic mass is 10.5. The van der Waals surface area contributed by atoms with Crippen LogP contribution in [0.15, 0.2) is 24.4 Å². The van der Waals surface area contributed by atoms with Crippen molar-refractivity contribution in [2.45, 2.75) is 32.7 Å². The summed E-state index contributed by atoms with van der Waals surface area (Å²) < 4.78 is 10.6. The van der Waals surface area contributed by atoms with Gasteiger partial charge in [0.05, 0.1) is 6.61 Å². The molecule has 0 aliphatic carbocycles. The Labute approximate surface area is 99.9 Å². The van der Waals surface area contributed by atoms with Crippen molar-refractivity contribution in [3.05, 3.63) is 24.4 Å². The number of carbonyl (C=O) groups is 1. The fourth-order valence-electron chi connectivity index (χ4n) is 1.25. The van der Waals surface area contributed by atoms with Crippen LogP contribution in [0.1, 0.15) is 26.7 Å². The van der Waals surface area contributed by atoms with E-state index >= 15 is 0 Å². The number of rotatable bonds is 9. The molecule has 3 nitrogen and oxygen atoms in total. The van der Waals surface area contributed by atoms with Crippen LogP contribution in [-0.2, 0) is 14.0 Å². The summed E-state index contributed by atoms with van der Waals surface area (Å²) in [6, 6.07) is 1.01. The highest BCUT2D eigenvalue weighted by Gasteiger charge is 2.07. The fourth-order valence-corrected chi connectivity index (χ4v) is 3.30. The first kappa shape index (κ1) is 15.1. The number of carbonyl (C=O) groups excluding carboxylic acids is 1. The molecular weight excluding hydrogens is 220 g/mol. The largest absolute Gasteiger partial charge is 0.463 e. The quantitative estimate of drug-likeness (QED) is 0.269. The molecule has 0 rings (SSSR count). The molecule has 0 bridgehead atoms. The van der Waals surface area contributed by atoms with Crippen molar-refractivity contribution in [2.75, 3.05) is 13.2 Å². The second-order valence-electron chi connectivity index (χ2n) is 3.34. The topological polar surface area (TPSA) is 35.5 Å². The van der Waals surface area contributed by atoms with Crippen LogP contribution in [0.25, 0.3) is 0 Å². The van der Waals surface area contributed by atoms with Crippen molar-refractivity contribution < 1.29 is 14.0 Å². The van der Waals surface area contributed by atoms with Gasteiger partial charge in [0.15, 0.2) is 0 Å². The first-order valence-corrected chi connectivity index (χ1v) is 7.77. The van der Waals surface area contributed by atoms with Gasteiger partial charge in [-0.1, -0.05) is 25.3 Å². The predicted molar refractivity (Wildman–Crippen MR) is 68.8 cm³/mol. The Kier molecular flexibility index (Phi) is 10.1. The van der Waals surface area contributed by atoms with Crippen LogP contribution in [-0.4, -0.2) is 28.2 Å². The van der Waals surface area contributed by atoms with E-state index < -0.39 is 9.04 Å². The maximum absolute atomic E-state index is 10.8. The molecule has 92 valence electrons. The van der Waals surface area contributed by atoms with E-state index in [0.29, 0.717) is 6.61 Å². The second-order valence-corrected chi connectivity index (χ2v) is 5.72. The Morgan fingerprint density at radius 3 is 2.75 bits per heavy atom. The summed E-state index contributed by atoms with van der Waals surface area (Å²) in [6.45, 7) is 8.69. The van der Waals surface area contributed by atoms with E-state index in [1.165, 1.54) is 6.08 Å². The molecule has 16 heavy (non-hydrogen) atoms. The lowest BCUT2D eigenvalue weighted by Crippen LogP contribution is -2.16. The van der Waals surface area contributed by atoms with Gasteiger partial charge in [0, 0.05) is 12.7 Å². The molecule has 0 aromatic carbocycles. The van der Waals surface area contributed by atoms with Gasteiger partial charge in [-0.05, 0) is 25.8 Å². The molecular formula is C12H22O3Si. The summed E-state index contributed by atoms with van der Waals surface area (Å²) in [5, 5.41) is 0. The number of esters is 1. The average molecular weight is 242 g/mol. The van der Waals surface area contributed by atoms with Crippen molar-refractivity contribution in [1.29, 1.82) is 0 Å². The smallest absolute Gasteiger partial charge is 0.330 e. The van der Waals surface area contributed by atoms with Crippen LogP contribution in [0.4, 0.5) is 0 Å². The zero-order chi connectivity index (χ0) is 12.2. The molecule has 0 N–H and O–H groups in total. The monoisotopic (exact) mass is 242 g/mol. The molecule has 0 radical (unpaired) electrons. The molecule has 4 heteroatoms. The van der Waals surface area contributed by atoms with Crippen LogP contribution in [0.2, 0.25) is 6.04 Å². The highest BCUT2D eigenvalue weighted by atomic mass is 28.3. The molecule has 0 aliphatic rings. The van der Waals surface area contributed by atoms with E-state index in [1.807, 2.05) is 6.92 Å². The van der Waals surface area contributed by atoms with Crippen LogP contribution in [0, 0.1) is 0 Å². The van der Waals surface area contributed by atoms with Crippen LogP contribution in [0.3, 0.4) is 0 Å². The number of allylic oxidation sites excluding steroid dienone is 1. The van der Waals surface area contributed by atoms with Gasteiger partial charge in [0.25, 0.3) is 0 Å². The van der Waals surface area contributed by atoms with E-state index in [9.17, 15) is 4.79 Å². The summed E-state index contributed by atoms with van der Waals surface area (Å²) in [4.78, 5) is 10.8. The maximum atomic E-state index is 10.8. The molecule has 0 saturated carbocycles. The zero-order valence-corrected chi connectivity index (χ0v) is 11.4. The highest BCUT2D eigenvalue weighted by Crippen LogP contribution is 2.03. The molecule has 1 atom stereocenters. The van der Waals surface area contributed by atoms with E-state index in [2.05, 4.69) is 25.3 Å². The Morgan fingerprint density at radius 2 is 2.19 bits per heavy atom. The minimum atomic E-state index is -1.22. The third-order valence-electron chi connectivity index (χ3n) is 2.01. The Bertz CT molecular complexity index is 226. The summed E-state index contributed by atoms with van der Waals surface area (Å²) in [7, 11) is -1.22. The lowest BCUT2D eigenvalue weighted by molar-refractivity contribution is -0.137. The van der Waals surface area contributed by atoms with E-state index in [1.54, 1.807) is 0 Å². The summed E-state index contributed by atoms with van der Waals surface area (Å²) >= 11 is 0. The van der Waals surface area contributed by atoms with E-state index in [0.717, 1.165) is 25.5 Å². The van der Waals surface area contributed by atoms with Gasteiger partial charge in [-0.3, -0.25) is 0 Å². The minimum absolute atomic E-state index is 0.348. The maximum Gasteiger partial charge on any atom is 0.330 e. The van der Waals surface area contributed by atoms with Crippen molar-refractivity contribution >= 4 is 15.0 Å². The molecule has 0 aromatic heterocycles. The third-order valence-corrected chi connectivity index (χ3v) is 4.45. The number of ether oxygens (including phenoxy) is 1. The molecule has 0 spiro atoms. The number of hydrogen-bond acceptors (Lipinski definition) is 3. The van der Waals surface area contributed by atoms with Crippen molar-refractivity contribution in [2.24, 2.45) is 0 Å². The van der Waals surface area contributed by atoms with Crippen molar-refractivity contribution in [1.82, 2.24) is 0 Å². The lowest BCUT2D eigenvalue weighted by Gasteiger charge is -2.10. The standard InChI is InChI=1S/C12H22O3Si/c1-4-7-10-16(15-6-3)11-8-9-14-12(13)5-2/h5,7,10,16H,2,4,6,8-9,11H2,1,3H3. The van der Waals surface area contributed by atoms with Crippen LogP contribution < -0.4 is 0 Å². The van der Waals surface area contributed by atoms with Crippen molar-refractivity contribution in [3.8, 4) is 0 Å². The average Bonchev–Trinajstić information content (AvgIpc) is 2.30. The predicted octanol–water partition coefficient (Wildman–Crippen LogP) is 2.37. The molecule has 0 saturated heterocycles. The molecule has 0 aliphatic heterocycles. The van der Waals surface area contributed by atoms with Crippen molar-refractivity contribution in [3.63, 3.8) is 0 Å². The molecule has 0 aromatic rings. The summed E-state index contributed by atoms with van der Waals surface area (Å²) in [6.07, 6.45) is 5.25. The first-order chi connectivity index (χ1) is 7.74. The highest BCUT2D eigenvalue weighted by molar-refractivity contribution is 6.57. The first-order valence-electron chi connectivity index (χ1n) is 5.82. The van der Waals surface area contributed by atoms with Gasteiger partial charge >= 0.3 is 5.97 Å². The van der Waals surface area contributed by atoms with Gasteiger partial charge in [-0.15, -0.1) is 0 Å². The Balaban J connectivity index is 3.70. The third kappa shape index (κ3) is 8.44. The second kappa shape index (κ2) is 10.6. The van der Waals surface area contributed by atoms with Gasteiger partial charge in [-0.2, -0.15) is 0 Å². The van der Waals surface area contributed by atoms with Crippen LogP contribution >= 0.6 is 0 Å². The number of hydrogen-bond donors (Lipinski definition) is 0. The van der Waals surface area contributed by atoms with E-state index in [-0.39, 0.29) is 5.97 Å². The summed E-state index contributed by atoms with van der Waals surface area (Å²) in [5.74, 6) is -0.348. The zero-order valence-electron chi connectivity index (χ0n) is 10.3. The van der Waals surface area contributed by atoms with E-state index in [4.69, 9.17) is 9.16 Å². The summed E-state index contributed by atoms with van der Waals surface area (Å²) in [5.41, 5.74) is 2.21. The Hall–Kier alpha value is -0.873. The SMILES string of the molecule is C=CC(=O)OCCC[SiH](C=CCC)OCC. The molecule has 0 heterocycles. The van der Waals surface area contributed by atoms with Gasteiger partial charge < -0.3 is 9.16 Å². The molecule has 1 unspecified atom stereocenters. The molecule has 0 fully saturated rings. The van der Waals surface area contributed by atoms with Gasteiger partial charge in [0.1, 0.15) is 0 Å². The normalized spacial score (nSPS) is 12.6. The van der Waals surface area contributed by atoms with Crippen LogP contribution in [0.5, 0.6) is 0 Å².